The lowest BCUT2D eigenvalue weighted by molar-refractivity contribution is 0.439. The van der Waals surface area contributed by atoms with Crippen molar-refractivity contribution in [1.29, 1.82) is 0 Å². The summed E-state index contributed by atoms with van der Waals surface area (Å²) in [7, 11) is 0. The summed E-state index contributed by atoms with van der Waals surface area (Å²) in [5, 5.41) is 11.1. The molecule has 0 saturated heterocycles. The molecule has 0 unspecified atom stereocenters. The number of unbranched alkanes of at least 4 members (excludes halogenated alkanes) is 12. The van der Waals surface area contributed by atoms with E-state index in [1.807, 2.05) is 6.07 Å². The molecule has 0 atom stereocenters. The molecule has 0 fully saturated rings. The Morgan fingerprint density at radius 3 is 1.60 bits per heavy atom. The highest BCUT2D eigenvalue weighted by atomic mass is 16.3. The van der Waals surface area contributed by atoms with Crippen molar-refractivity contribution in [2.45, 2.75) is 142 Å². The highest BCUT2D eigenvalue weighted by Crippen LogP contribution is 2.43. The lowest BCUT2D eigenvalue weighted by Crippen LogP contribution is -2.22. The molecule has 2 aromatic carbocycles. The summed E-state index contributed by atoms with van der Waals surface area (Å²) in [4.78, 5) is 0. The Bertz CT molecular complexity index is 773. The van der Waals surface area contributed by atoms with E-state index in [0.29, 0.717) is 11.7 Å². The van der Waals surface area contributed by atoms with Gasteiger partial charge >= 0.3 is 0 Å². The lowest BCUT2D eigenvalue weighted by Gasteiger charge is -2.32. The molecule has 1 nitrogen and oxygen atoms in total. The van der Waals surface area contributed by atoms with Crippen LogP contribution < -0.4 is 0 Å². The standard InChI is InChI=1S/C34H54O/c1-5-7-9-11-13-15-18-23-29(24-19-16-14-12-10-8-6-2)31-27-22-28-32(35)33(31)34(3,4)30-25-20-17-21-26-30/h17,20-22,25-29,35H,5-16,18-19,23-24H2,1-4H3. The molecule has 0 saturated carbocycles. The second kappa shape index (κ2) is 16.8. The van der Waals surface area contributed by atoms with Gasteiger partial charge in [0.15, 0.2) is 0 Å². The maximum Gasteiger partial charge on any atom is 0.119 e. The topological polar surface area (TPSA) is 20.2 Å². The third-order valence-corrected chi connectivity index (χ3v) is 7.95. The number of phenolic OH excluding ortho intramolecular Hbond substituents is 1. The Labute approximate surface area is 217 Å². The van der Waals surface area contributed by atoms with Gasteiger partial charge in [-0.15, -0.1) is 0 Å². The fraction of sp³-hybridized carbons (Fsp3) is 0.647. The third kappa shape index (κ3) is 10.0. The summed E-state index contributed by atoms with van der Waals surface area (Å²) >= 11 is 0. The zero-order valence-corrected chi connectivity index (χ0v) is 23.5. The maximum absolute atomic E-state index is 11.1. The van der Waals surface area contributed by atoms with Crippen molar-refractivity contribution in [3.8, 4) is 5.75 Å². The van der Waals surface area contributed by atoms with Crippen LogP contribution in [-0.4, -0.2) is 5.11 Å². The summed E-state index contributed by atoms with van der Waals surface area (Å²) in [6.45, 7) is 9.13. The molecule has 2 rings (SSSR count). The molecule has 0 aliphatic heterocycles. The molecule has 0 spiro atoms. The first kappa shape index (κ1) is 29.5. The van der Waals surface area contributed by atoms with Crippen LogP contribution in [0.3, 0.4) is 0 Å². The maximum atomic E-state index is 11.1. The van der Waals surface area contributed by atoms with E-state index in [0.717, 1.165) is 5.56 Å². The van der Waals surface area contributed by atoms with Gasteiger partial charge in [-0.1, -0.05) is 160 Å². The monoisotopic (exact) mass is 478 g/mol. The molecule has 1 heteroatoms. The van der Waals surface area contributed by atoms with Gasteiger partial charge in [0.25, 0.3) is 0 Å². The molecule has 0 bridgehead atoms. The van der Waals surface area contributed by atoms with Gasteiger partial charge in [0.2, 0.25) is 0 Å². The van der Waals surface area contributed by atoms with Crippen molar-refractivity contribution in [3.63, 3.8) is 0 Å². The van der Waals surface area contributed by atoms with Crippen molar-refractivity contribution in [1.82, 2.24) is 0 Å². The van der Waals surface area contributed by atoms with Crippen molar-refractivity contribution >= 4 is 0 Å². The zero-order valence-electron chi connectivity index (χ0n) is 23.5. The number of hydrogen-bond acceptors (Lipinski definition) is 1. The lowest BCUT2D eigenvalue weighted by atomic mass is 9.72. The Morgan fingerprint density at radius 2 is 1.09 bits per heavy atom. The van der Waals surface area contributed by atoms with Crippen LogP contribution in [0, 0.1) is 0 Å². The first-order valence-corrected chi connectivity index (χ1v) is 14.9. The first-order valence-electron chi connectivity index (χ1n) is 14.9. The van der Waals surface area contributed by atoms with E-state index in [4.69, 9.17) is 0 Å². The molecule has 0 radical (unpaired) electrons. The Morgan fingerprint density at radius 1 is 0.600 bits per heavy atom. The van der Waals surface area contributed by atoms with Crippen LogP contribution in [0.2, 0.25) is 0 Å². The minimum absolute atomic E-state index is 0.222. The Kier molecular flexibility index (Phi) is 14.2. The van der Waals surface area contributed by atoms with E-state index < -0.39 is 0 Å². The van der Waals surface area contributed by atoms with Gasteiger partial charge in [-0.05, 0) is 36.0 Å². The van der Waals surface area contributed by atoms with Crippen LogP contribution in [0.1, 0.15) is 153 Å². The fourth-order valence-electron chi connectivity index (χ4n) is 5.73. The summed E-state index contributed by atoms with van der Waals surface area (Å²) in [5.74, 6) is 0.992. The summed E-state index contributed by atoms with van der Waals surface area (Å²) in [5.41, 5.74) is 3.58. The van der Waals surface area contributed by atoms with Crippen molar-refractivity contribution < 1.29 is 5.11 Å². The number of rotatable bonds is 19. The molecular formula is C34H54O. The van der Waals surface area contributed by atoms with E-state index in [2.05, 4.69) is 70.2 Å². The molecule has 0 aliphatic carbocycles. The highest BCUT2D eigenvalue weighted by Gasteiger charge is 2.31. The summed E-state index contributed by atoms with van der Waals surface area (Å²) in [6.07, 6.45) is 21.4. The smallest absolute Gasteiger partial charge is 0.119 e. The van der Waals surface area contributed by atoms with Crippen molar-refractivity contribution in [3.05, 3.63) is 65.2 Å². The number of hydrogen-bond donors (Lipinski definition) is 1. The largest absolute Gasteiger partial charge is 0.508 e. The van der Waals surface area contributed by atoms with E-state index in [1.54, 1.807) is 0 Å². The Hall–Kier alpha value is -1.76. The van der Waals surface area contributed by atoms with Crippen LogP contribution in [0.25, 0.3) is 0 Å². The molecule has 0 aromatic heterocycles. The SMILES string of the molecule is CCCCCCCCCC(CCCCCCCCC)c1cccc(O)c1C(C)(C)c1ccccc1. The number of aromatic hydroxyl groups is 1. The fourth-order valence-corrected chi connectivity index (χ4v) is 5.73. The van der Waals surface area contributed by atoms with Gasteiger partial charge in [0.1, 0.15) is 5.75 Å². The molecule has 35 heavy (non-hydrogen) atoms. The van der Waals surface area contributed by atoms with Gasteiger partial charge < -0.3 is 5.11 Å². The molecular weight excluding hydrogens is 424 g/mol. The van der Waals surface area contributed by atoms with Crippen LogP contribution in [0.15, 0.2) is 48.5 Å². The van der Waals surface area contributed by atoms with Gasteiger partial charge in [0.05, 0.1) is 0 Å². The number of benzene rings is 2. The van der Waals surface area contributed by atoms with Gasteiger partial charge in [-0.3, -0.25) is 0 Å². The average Bonchev–Trinajstić information content (AvgIpc) is 2.86. The second-order valence-corrected chi connectivity index (χ2v) is 11.2. The van der Waals surface area contributed by atoms with Gasteiger partial charge in [0, 0.05) is 11.0 Å². The van der Waals surface area contributed by atoms with Crippen molar-refractivity contribution in [2.24, 2.45) is 0 Å². The first-order chi connectivity index (χ1) is 17.0. The highest BCUT2D eigenvalue weighted by molar-refractivity contribution is 5.51. The van der Waals surface area contributed by atoms with E-state index >= 15 is 0 Å². The molecule has 0 aliphatic rings. The molecule has 1 N–H and O–H groups in total. The molecule has 0 heterocycles. The minimum atomic E-state index is -0.222. The quantitative estimate of drug-likeness (QED) is 0.199. The molecule has 0 amide bonds. The predicted molar refractivity (Wildman–Crippen MR) is 155 cm³/mol. The average molecular weight is 479 g/mol. The van der Waals surface area contributed by atoms with E-state index in [9.17, 15) is 5.11 Å². The zero-order chi connectivity index (χ0) is 25.4. The van der Waals surface area contributed by atoms with Crippen LogP contribution in [0.4, 0.5) is 0 Å². The second-order valence-electron chi connectivity index (χ2n) is 11.2. The van der Waals surface area contributed by atoms with Gasteiger partial charge in [-0.2, -0.15) is 0 Å². The normalized spacial score (nSPS) is 11.9. The third-order valence-electron chi connectivity index (χ3n) is 7.95. The summed E-state index contributed by atoms with van der Waals surface area (Å²) < 4.78 is 0. The summed E-state index contributed by atoms with van der Waals surface area (Å²) in [6, 6.07) is 17.0. The van der Waals surface area contributed by atoms with E-state index in [-0.39, 0.29) is 5.41 Å². The predicted octanol–water partition coefficient (Wildman–Crippen LogP) is 11.1. The number of phenols is 1. The van der Waals surface area contributed by atoms with Crippen LogP contribution >= 0.6 is 0 Å². The van der Waals surface area contributed by atoms with Crippen LogP contribution in [-0.2, 0) is 5.41 Å². The van der Waals surface area contributed by atoms with Crippen LogP contribution in [0.5, 0.6) is 5.75 Å². The van der Waals surface area contributed by atoms with Gasteiger partial charge in [-0.25, -0.2) is 0 Å². The van der Waals surface area contributed by atoms with E-state index in [1.165, 1.54) is 114 Å². The molecule has 196 valence electrons. The van der Waals surface area contributed by atoms with Crippen molar-refractivity contribution in [2.75, 3.05) is 0 Å². The Balaban J connectivity index is 2.14. The molecule has 2 aromatic rings. The minimum Gasteiger partial charge on any atom is -0.508 e.